The van der Waals surface area contributed by atoms with Gasteiger partial charge < -0.3 is 19.3 Å². The monoisotopic (exact) mass is 412 g/mol. The molecule has 2 fully saturated rings. The molecule has 2 saturated heterocycles. The predicted octanol–water partition coefficient (Wildman–Crippen LogP) is 2.99. The maximum absolute atomic E-state index is 12.6. The summed E-state index contributed by atoms with van der Waals surface area (Å²) in [5.41, 5.74) is 1.51. The molecule has 0 radical (unpaired) electrons. The van der Waals surface area contributed by atoms with E-state index in [9.17, 15) is 4.79 Å². The van der Waals surface area contributed by atoms with E-state index >= 15 is 0 Å². The molecular formula is C23H32N4O3. The van der Waals surface area contributed by atoms with Gasteiger partial charge in [-0.3, -0.25) is 4.79 Å². The fraction of sp³-hybridized carbons (Fsp3) is 0.565. The number of aromatic nitrogens is 2. The van der Waals surface area contributed by atoms with Gasteiger partial charge in [-0.05, 0) is 70.0 Å². The highest BCUT2D eigenvalue weighted by Gasteiger charge is 2.20. The first-order chi connectivity index (χ1) is 14.7. The average molecular weight is 413 g/mol. The van der Waals surface area contributed by atoms with Gasteiger partial charge in [-0.25, -0.2) is 4.68 Å². The normalized spacial score (nSPS) is 19.9. The Morgan fingerprint density at radius 3 is 2.70 bits per heavy atom. The van der Waals surface area contributed by atoms with Crippen LogP contribution >= 0.6 is 0 Å². The van der Waals surface area contributed by atoms with E-state index in [0.717, 1.165) is 30.5 Å². The van der Waals surface area contributed by atoms with Crippen molar-refractivity contribution in [1.82, 2.24) is 19.6 Å². The highest BCUT2D eigenvalue weighted by molar-refractivity contribution is 5.93. The fourth-order valence-electron chi connectivity index (χ4n) is 4.15. The summed E-state index contributed by atoms with van der Waals surface area (Å²) in [7, 11) is 0. The van der Waals surface area contributed by atoms with Crippen molar-refractivity contribution in [2.24, 2.45) is 0 Å². The Hall–Kier alpha value is -2.38. The maximum atomic E-state index is 12.6. The van der Waals surface area contributed by atoms with Crippen molar-refractivity contribution in [1.29, 1.82) is 0 Å². The number of rotatable bonds is 8. The van der Waals surface area contributed by atoms with Gasteiger partial charge >= 0.3 is 0 Å². The van der Waals surface area contributed by atoms with E-state index in [2.05, 4.69) is 16.9 Å². The summed E-state index contributed by atoms with van der Waals surface area (Å²) in [5.74, 6) is 0.873. The van der Waals surface area contributed by atoms with Crippen molar-refractivity contribution >= 4 is 5.91 Å². The Morgan fingerprint density at radius 1 is 1.17 bits per heavy atom. The van der Waals surface area contributed by atoms with E-state index < -0.39 is 0 Å². The van der Waals surface area contributed by atoms with Crippen LogP contribution in [0.15, 0.2) is 36.7 Å². The first kappa shape index (κ1) is 20.9. The molecule has 0 N–H and O–H groups in total. The van der Waals surface area contributed by atoms with Gasteiger partial charge in [0.1, 0.15) is 5.75 Å². The minimum absolute atomic E-state index is 0.00725. The van der Waals surface area contributed by atoms with E-state index in [1.807, 2.05) is 29.2 Å². The summed E-state index contributed by atoms with van der Waals surface area (Å²) in [6.45, 7) is 7.94. The lowest BCUT2D eigenvalue weighted by Crippen LogP contribution is -2.40. The number of hydrogen-bond donors (Lipinski definition) is 0. The Kier molecular flexibility index (Phi) is 7.02. The molecule has 7 heteroatoms. The van der Waals surface area contributed by atoms with Crippen molar-refractivity contribution in [3.8, 4) is 11.4 Å². The molecule has 2 aliphatic rings. The molecule has 162 valence electrons. The lowest BCUT2D eigenvalue weighted by Gasteiger charge is -2.26. The van der Waals surface area contributed by atoms with Crippen molar-refractivity contribution in [2.75, 3.05) is 46.0 Å². The number of benzene rings is 1. The zero-order valence-corrected chi connectivity index (χ0v) is 17.8. The van der Waals surface area contributed by atoms with Crippen LogP contribution in [0.5, 0.6) is 5.75 Å². The standard InChI is InChI=1S/C23H32N4O3/c1-19-5-4-11-25(19)10-2-3-14-30-22-8-6-21(7-9-22)27-18-20(17-24-27)23(28)26-12-15-29-16-13-26/h6-9,17-19H,2-5,10-16H2,1H3/t19-/m1/s1. The van der Waals surface area contributed by atoms with E-state index in [0.29, 0.717) is 31.9 Å². The number of amides is 1. The summed E-state index contributed by atoms with van der Waals surface area (Å²) < 4.78 is 12.9. The van der Waals surface area contributed by atoms with Gasteiger partial charge in [0.15, 0.2) is 0 Å². The number of nitrogens with zero attached hydrogens (tertiary/aromatic N) is 4. The zero-order valence-electron chi connectivity index (χ0n) is 17.8. The van der Waals surface area contributed by atoms with Crippen molar-refractivity contribution in [3.05, 3.63) is 42.2 Å². The van der Waals surface area contributed by atoms with E-state index in [1.54, 1.807) is 17.1 Å². The van der Waals surface area contributed by atoms with Gasteiger partial charge in [0.25, 0.3) is 5.91 Å². The molecule has 3 heterocycles. The third-order valence-electron chi connectivity index (χ3n) is 6.03. The summed E-state index contributed by atoms with van der Waals surface area (Å²) >= 11 is 0. The van der Waals surface area contributed by atoms with Crippen molar-refractivity contribution < 1.29 is 14.3 Å². The van der Waals surface area contributed by atoms with Crippen LogP contribution in [0.4, 0.5) is 0 Å². The Bertz CT molecular complexity index is 814. The molecular weight excluding hydrogens is 380 g/mol. The van der Waals surface area contributed by atoms with Crippen LogP contribution in [0.1, 0.15) is 43.0 Å². The first-order valence-electron chi connectivity index (χ1n) is 11.1. The lowest BCUT2D eigenvalue weighted by molar-refractivity contribution is 0.0303. The second-order valence-electron chi connectivity index (χ2n) is 8.15. The fourth-order valence-corrected chi connectivity index (χ4v) is 4.15. The number of likely N-dealkylation sites (tertiary alicyclic amines) is 1. The molecule has 30 heavy (non-hydrogen) atoms. The van der Waals surface area contributed by atoms with Crippen molar-refractivity contribution in [2.45, 2.75) is 38.6 Å². The molecule has 1 atom stereocenters. The Labute approximate surface area is 178 Å². The zero-order chi connectivity index (χ0) is 20.8. The van der Waals surface area contributed by atoms with Crippen LogP contribution in [0.3, 0.4) is 0 Å². The van der Waals surface area contributed by atoms with Crippen LogP contribution < -0.4 is 4.74 Å². The molecule has 1 amide bonds. The average Bonchev–Trinajstić information content (AvgIpc) is 3.44. The molecule has 4 rings (SSSR count). The molecule has 0 unspecified atom stereocenters. The summed E-state index contributed by atoms with van der Waals surface area (Å²) in [5, 5.41) is 4.35. The minimum Gasteiger partial charge on any atom is -0.494 e. The highest BCUT2D eigenvalue weighted by Crippen LogP contribution is 2.18. The number of morpholine rings is 1. The predicted molar refractivity (Wildman–Crippen MR) is 115 cm³/mol. The quantitative estimate of drug-likeness (QED) is 0.624. The topological polar surface area (TPSA) is 59.8 Å². The number of unbranched alkanes of at least 4 members (excludes halogenated alkanes) is 1. The Morgan fingerprint density at radius 2 is 1.97 bits per heavy atom. The van der Waals surface area contributed by atoms with E-state index in [-0.39, 0.29) is 5.91 Å². The highest BCUT2D eigenvalue weighted by atomic mass is 16.5. The number of carbonyl (C=O) groups is 1. The SMILES string of the molecule is C[C@@H]1CCCN1CCCCOc1ccc(-n2cc(C(=O)N3CCOCC3)cn2)cc1. The first-order valence-corrected chi connectivity index (χ1v) is 11.1. The second-order valence-corrected chi connectivity index (χ2v) is 8.15. The van der Waals surface area contributed by atoms with Crippen molar-refractivity contribution in [3.63, 3.8) is 0 Å². The van der Waals surface area contributed by atoms with Gasteiger partial charge in [-0.1, -0.05) is 0 Å². The van der Waals surface area contributed by atoms with Gasteiger partial charge in [-0.2, -0.15) is 5.10 Å². The van der Waals surface area contributed by atoms with Crippen LogP contribution in [-0.2, 0) is 4.74 Å². The minimum atomic E-state index is 0.00725. The third-order valence-corrected chi connectivity index (χ3v) is 6.03. The third kappa shape index (κ3) is 5.21. The maximum Gasteiger partial charge on any atom is 0.257 e. The number of ether oxygens (including phenoxy) is 2. The molecule has 0 spiro atoms. The largest absolute Gasteiger partial charge is 0.494 e. The second kappa shape index (κ2) is 10.1. The van der Waals surface area contributed by atoms with Crippen LogP contribution in [0, 0.1) is 0 Å². The lowest BCUT2D eigenvalue weighted by atomic mass is 10.2. The molecule has 0 aliphatic carbocycles. The van der Waals surface area contributed by atoms with Gasteiger partial charge in [0, 0.05) is 25.3 Å². The summed E-state index contributed by atoms with van der Waals surface area (Å²) in [6, 6.07) is 8.60. The number of hydrogen-bond acceptors (Lipinski definition) is 5. The van der Waals surface area contributed by atoms with Crippen LogP contribution in [0.25, 0.3) is 5.69 Å². The van der Waals surface area contributed by atoms with E-state index in [1.165, 1.54) is 32.4 Å². The smallest absolute Gasteiger partial charge is 0.257 e. The molecule has 0 saturated carbocycles. The summed E-state index contributed by atoms with van der Waals surface area (Å²) in [4.78, 5) is 17.0. The molecule has 1 aromatic carbocycles. The van der Waals surface area contributed by atoms with Gasteiger partial charge in [-0.15, -0.1) is 0 Å². The van der Waals surface area contributed by atoms with Gasteiger partial charge in [0.05, 0.1) is 37.3 Å². The van der Waals surface area contributed by atoms with Crippen LogP contribution in [-0.4, -0.2) is 77.5 Å². The molecule has 1 aromatic heterocycles. The molecule has 2 aromatic rings. The van der Waals surface area contributed by atoms with E-state index in [4.69, 9.17) is 9.47 Å². The van der Waals surface area contributed by atoms with Gasteiger partial charge in [0.2, 0.25) is 0 Å². The Balaban J connectivity index is 1.23. The van der Waals surface area contributed by atoms with Crippen LogP contribution in [0.2, 0.25) is 0 Å². The molecule has 2 aliphatic heterocycles. The summed E-state index contributed by atoms with van der Waals surface area (Å²) in [6.07, 6.45) is 8.33. The molecule has 0 bridgehead atoms. The molecule has 7 nitrogen and oxygen atoms in total. The number of carbonyl (C=O) groups excluding carboxylic acids is 1.